The van der Waals surface area contributed by atoms with Gasteiger partial charge in [0.1, 0.15) is 0 Å². The van der Waals surface area contributed by atoms with Gasteiger partial charge in [0, 0.05) is 17.1 Å². The Balaban J connectivity index is 2.53. The number of benzene rings is 1. The van der Waals surface area contributed by atoms with E-state index in [1.54, 1.807) is 13.0 Å². The molecule has 0 fully saturated rings. The number of ether oxygens (including phenoxy) is 1. The fraction of sp³-hybridized carbons (Fsp3) is 0.286. The summed E-state index contributed by atoms with van der Waals surface area (Å²) in [4.78, 5) is 22.9. The third-order valence-corrected chi connectivity index (χ3v) is 2.77. The second kappa shape index (κ2) is 7.74. The summed E-state index contributed by atoms with van der Waals surface area (Å²) in [5, 5.41) is 2.59. The molecule has 0 heterocycles. The third-order valence-electron chi connectivity index (χ3n) is 2.27. The average Bonchev–Trinajstić information content (AvgIpc) is 2.36. The van der Waals surface area contributed by atoms with E-state index in [1.807, 2.05) is 24.3 Å². The Bertz CT molecular complexity index is 485. The van der Waals surface area contributed by atoms with Crippen LogP contribution in [-0.4, -0.2) is 24.5 Å². The summed E-state index contributed by atoms with van der Waals surface area (Å²) in [6.07, 6.45) is 2.15. The minimum atomic E-state index is -0.792. The van der Waals surface area contributed by atoms with Gasteiger partial charge < -0.3 is 10.1 Å². The van der Waals surface area contributed by atoms with Crippen LogP contribution in [-0.2, 0) is 14.3 Å². The van der Waals surface area contributed by atoms with E-state index in [-0.39, 0.29) is 5.91 Å². The van der Waals surface area contributed by atoms with Crippen LogP contribution in [0.3, 0.4) is 0 Å². The minimum absolute atomic E-state index is 0.299. The molecular formula is C14H16BrNO3. The van der Waals surface area contributed by atoms with E-state index in [0.29, 0.717) is 6.54 Å². The first-order valence-electron chi connectivity index (χ1n) is 5.95. The number of rotatable bonds is 5. The number of nitrogens with one attached hydrogen (secondary N) is 1. The van der Waals surface area contributed by atoms with Crippen molar-refractivity contribution in [1.29, 1.82) is 0 Å². The smallest absolute Gasteiger partial charge is 0.331 e. The van der Waals surface area contributed by atoms with Gasteiger partial charge in [-0.1, -0.05) is 28.1 Å². The van der Waals surface area contributed by atoms with Crippen molar-refractivity contribution in [2.45, 2.75) is 20.0 Å². The van der Waals surface area contributed by atoms with Crippen LogP contribution in [0.25, 0.3) is 6.08 Å². The molecule has 0 aliphatic carbocycles. The highest BCUT2D eigenvalue weighted by atomic mass is 79.9. The first kappa shape index (κ1) is 15.4. The van der Waals surface area contributed by atoms with Crippen LogP contribution in [0.2, 0.25) is 0 Å². The number of hydrogen-bond donors (Lipinski definition) is 1. The topological polar surface area (TPSA) is 55.4 Å². The molecule has 1 aromatic rings. The molecule has 0 aliphatic heterocycles. The number of hydrogen-bond acceptors (Lipinski definition) is 3. The van der Waals surface area contributed by atoms with E-state index < -0.39 is 12.1 Å². The molecule has 0 unspecified atom stereocenters. The van der Waals surface area contributed by atoms with Crippen molar-refractivity contribution in [1.82, 2.24) is 5.32 Å². The number of carbonyl (C=O) groups excluding carboxylic acids is 2. The molecule has 102 valence electrons. The molecule has 0 bridgehead atoms. The Morgan fingerprint density at radius 2 is 2.21 bits per heavy atom. The van der Waals surface area contributed by atoms with Crippen LogP contribution >= 0.6 is 15.9 Å². The largest absolute Gasteiger partial charge is 0.449 e. The summed E-state index contributed by atoms with van der Waals surface area (Å²) in [5.74, 6) is -0.842. The molecule has 1 rings (SSSR count). The third kappa shape index (κ3) is 5.70. The van der Waals surface area contributed by atoms with E-state index in [1.165, 1.54) is 13.0 Å². The number of esters is 1. The zero-order chi connectivity index (χ0) is 14.3. The van der Waals surface area contributed by atoms with E-state index in [2.05, 4.69) is 21.2 Å². The summed E-state index contributed by atoms with van der Waals surface area (Å²) < 4.78 is 5.90. The van der Waals surface area contributed by atoms with Gasteiger partial charge >= 0.3 is 5.97 Å². The molecule has 0 saturated carbocycles. The quantitative estimate of drug-likeness (QED) is 0.668. The number of halogens is 1. The molecule has 1 aromatic carbocycles. The van der Waals surface area contributed by atoms with E-state index in [4.69, 9.17) is 4.74 Å². The van der Waals surface area contributed by atoms with Gasteiger partial charge in [0.25, 0.3) is 5.91 Å². The van der Waals surface area contributed by atoms with Crippen LogP contribution in [0.1, 0.15) is 19.4 Å². The molecule has 1 atom stereocenters. The van der Waals surface area contributed by atoms with Crippen LogP contribution in [0.4, 0.5) is 0 Å². The Morgan fingerprint density at radius 1 is 1.47 bits per heavy atom. The summed E-state index contributed by atoms with van der Waals surface area (Å²) in [6, 6.07) is 7.50. The summed E-state index contributed by atoms with van der Waals surface area (Å²) in [7, 11) is 0. The Labute approximate surface area is 121 Å². The number of amides is 1. The predicted molar refractivity (Wildman–Crippen MR) is 77.4 cm³/mol. The van der Waals surface area contributed by atoms with Gasteiger partial charge in [0.05, 0.1) is 0 Å². The van der Waals surface area contributed by atoms with Gasteiger partial charge in [-0.25, -0.2) is 4.79 Å². The normalized spacial score (nSPS) is 12.2. The number of carbonyl (C=O) groups is 2. The van der Waals surface area contributed by atoms with Gasteiger partial charge in [0.15, 0.2) is 6.10 Å². The molecule has 0 saturated heterocycles. The Kier molecular flexibility index (Phi) is 6.29. The van der Waals surface area contributed by atoms with Crippen LogP contribution in [0, 0.1) is 0 Å². The molecule has 0 spiro atoms. The highest BCUT2D eigenvalue weighted by molar-refractivity contribution is 9.10. The molecule has 1 amide bonds. The Morgan fingerprint density at radius 3 is 2.84 bits per heavy atom. The van der Waals surface area contributed by atoms with Crippen LogP contribution < -0.4 is 5.32 Å². The highest BCUT2D eigenvalue weighted by Crippen LogP contribution is 2.12. The van der Waals surface area contributed by atoms with Crippen molar-refractivity contribution in [3.05, 3.63) is 40.4 Å². The van der Waals surface area contributed by atoms with E-state index >= 15 is 0 Å². The van der Waals surface area contributed by atoms with Crippen LogP contribution in [0.5, 0.6) is 0 Å². The van der Waals surface area contributed by atoms with Crippen molar-refractivity contribution < 1.29 is 14.3 Å². The molecule has 0 aromatic heterocycles. The van der Waals surface area contributed by atoms with Gasteiger partial charge in [-0.15, -0.1) is 0 Å². The lowest BCUT2D eigenvalue weighted by Gasteiger charge is -2.10. The molecule has 4 nitrogen and oxygen atoms in total. The van der Waals surface area contributed by atoms with E-state index in [0.717, 1.165) is 10.0 Å². The first-order valence-corrected chi connectivity index (χ1v) is 6.74. The summed E-state index contributed by atoms with van der Waals surface area (Å²) >= 11 is 3.34. The minimum Gasteiger partial charge on any atom is -0.449 e. The molecule has 0 aliphatic rings. The molecule has 0 radical (unpaired) electrons. The predicted octanol–water partition coefficient (Wildman–Crippen LogP) is 2.53. The maximum Gasteiger partial charge on any atom is 0.331 e. The molecular weight excluding hydrogens is 310 g/mol. The summed E-state index contributed by atoms with van der Waals surface area (Å²) in [6.45, 7) is 3.85. The Hall–Kier alpha value is -1.62. The van der Waals surface area contributed by atoms with Crippen LogP contribution in [0.15, 0.2) is 34.8 Å². The van der Waals surface area contributed by atoms with Crippen molar-refractivity contribution in [3.63, 3.8) is 0 Å². The average molecular weight is 326 g/mol. The maximum absolute atomic E-state index is 11.5. The molecule has 1 N–H and O–H groups in total. The van der Waals surface area contributed by atoms with Gasteiger partial charge in [-0.3, -0.25) is 4.79 Å². The number of likely N-dealkylation sites (N-methyl/N-ethyl adjacent to an activating group) is 1. The van der Waals surface area contributed by atoms with E-state index in [9.17, 15) is 9.59 Å². The first-order chi connectivity index (χ1) is 9.02. The van der Waals surface area contributed by atoms with Crippen molar-refractivity contribution in [3.8, 4) is 0 Å². The highest BCUT2D eigenvalue weighted by Gasteiger charge is 2.14. The molecule has 5 heteroatoms. The monoisotopic (exact) mass is 325 g/mol. The van der Waals surface area contributed by atoms with Crippen molar-refractivity contribution in [2.75, 3.05) is 6.54 Å². The second-order valence-electron chi connectivity index (χ2n) is 3.86. The SMILES string of the molecule is CCNC(=O)[C@@H](C)OC(=O)/C=C/c1cccc(Br)c1. The maximum atomic E-state index is 11.5. The summed E-state index contributed by atoms with van der Waals surface area (Å²) in [5.41, 5.74) is 0.872. The lowest BCUT2D eigenvalue weighted by atomic mass is 10.2. The van der Waals surface area contributed by atoms with Crippen molar-refractivity contribution >= 4 is 33.9 Å². The van der Waals surface area contributed by atoms with Gasteiger partial charge in [-0.05, 0) is 37.6 Å². The zero-order valence-corrected chi connectivity index (χ0v) is 12.4. The second-order valence-corrected chi connectivity index (χ2v) is 4.78. The van der Waals surface area contributed by atoms with Gasteiger partial charge in [-0.2, -0.15) is 0 Å². The standard InChI is InChI=1S/C14H16BrNO3/c1-3-16-14(18)10(2)19-13(17)8-7-11-5-4-6-12(15)9-11/h4-10H,3H2,1-2H3,(H,16,18)/b8-7+/t10-/m1/s1. The lowest BCUT2D eigenvalue weighted by Crippen LogP contribution is -2.35. The fourth-order valence-electron chi connectivity index (χ4n) is 1.36. The fourth-order valence-corrected chi connectivity index (χ4v) is 1.78. The van der Waals surface area contributed by atoms with Gasteiger partial charge in [0.2, 0.25) is 0 Å². The molecule has 19 heavy (non-hydrogen) atoms. The van der Waals surface area contributed by atoms with Crippen molar-refractivity contribution in [2.24, 2.45) is 0 Å². The zero-order valence-electron chi connectivity index (χ0n) is 10.9. The lowest BCUT2D eigenvalue weighted by molar-refractivity contribution is -0.150.